The van der Waals surface area contributed by atoms with E-state index in [1.54, 1.807) is 12.1 Å². The summed E-state index contributed by atoms with van der Waals surface area (Å²) in [5.74, 6) is -0.113. The molecule has 1 heterocycles. The predicted octanol–water partition coefficient (Wildman–Crippen LogP) is 3.68. The first kappa shape index (κ1) is 16.7. The number of hydrogen-bond donors (Lipinski definition) is 0. The highest BCUT2D eigenvalue weighted by Gasteiger charge is 2.32. The highest BCUT2D eigenvalue weighted by atomic mass is 19.1. The first-order valence-corrected chi connectivity index (χ1v) is 8.33. The third-order valence-corrected chi connectivity index (χ3v) is 4.72. The molecule has 4 heteroatoms. The molecule has 2 aromatic carbocycles. The summed E-state index contributed by atoms with van der Waals surface area (Å²) in [6.07, 6.45) is 0. The van der Waals surface area contributed by atoms with Crippen LogP contribution in [0.25, 0.3) is 0 Å². The Morgan fingerprint density at radius 1 is 1.08 bits per heavy atom. The fourth-order valence-electron chi connectivity index (χ4n) is 3.30. The van der Waals surface area contributed by atoms with Crippen molar-refractivity contribution in [1.29, 1.82) is 0 Å². The van der Waals surface area contributed by atoms with Gasteiger partial charge in [0, 0.05) is 25.3 Å². The molecule has 2 aromatic rings. The molecule has 0 bridgehead atoms. The number of nitrogens with zero attached hydrogens (tertiary/aromatic N) is 2. The van der Waals surface area contributed by atoms with E-state index in [1.165, 1.54) is 17.7 Å². The number of carbonyl (C=O) groups excluding carboxylic acids is 1. The van der Waals surface area contributed by atoms with Crippen molar-refractivity contribution < 1.29 is 9.18 Å². The molecule has 1 fully saturated rings. The first-order valence-electron chi connectivity index (χ1n) is 8.33. The fourth-order valence-corrected chi connectivity index (χ4v) is 3.30. The lowest BCUT2D eigenvalue weighted by molar-refractivity contribution is -0.125. The van der Waals surface area contributed by atoms with E-state index in [0.717, 1.165) is 23.4 Å². The van der Waals surface area contributed by atoms with Crippen LogP contribution in [-0.4, -0.2) is 29.9 Å². The van der Waals surface area contributed by atoms with Crippen LogP contribution in [0.2, 0.25) is 0 Å². The van der Waals surface area contributed by atoms with E-state index in [-0.39, 0.29) is 17.8 Å². The highest BCUT2D eigenvalue weighted by molar-refractivity contribution is 5.98. The molecule has 3 nitrogen and oxygen atoms in total. The van der Waals surface area contributed by atoms with Gasteiger partial charge in [-0.15, -0.1) is 0 Å². The summed E-state index contributed by atoms with van der Waals surface area (Å²) in [5.41, 5.74) is 4.35. The van der Waals surface area contributed by atoms with Gasteiger partial charge in [-0.1, -0.05) is 29.8 Å². The standard InChI is InChI=1S/C20H23FN2O/c1-14-4-9-19(15(2)12-14)23-11-10-22(16(3)20(23)24)13-17-5-7-18(21)8-6-17/h4-9,12,16H,10-11,13H2,1-3H3/t16-/m0/s1. The van der Waals surface area contributed by atoms with Crippen molar-refractivity contribution in [1.82, 2.24) is 4.90 Å². The van der Waals surface area contributed by atoms with Crippen molar-refractivity contribution in [3.05, 3.63) is 65.0 Å². The van der Waals surface area contributed by atoms with Crippen molar-refractivity contribution in [3.63, 3.8) is 0 Å². The Bertz CT molecular complexity index is 742. The second-order valence-corrected chi connectivity index (χ2v) is 6.55. The second-order valence-electron chi connectivity index (χ2n) is 6.55. The number of halogens is 1. The van der Waals surface area contributed by atoms with Gasteiger partial charge in [-0.2, -0.15) is 0 Å². The van der Waals surface area contributed by atoms with Crippen molar-refractivity contribution in [3.8, 4) is 0 Å². The molecule has 0 aromatic heterocycles. The number of carbonyl (C=O) groups is 1. The van der Waals surface area contributed by atoms with Gasteiger partial charge in [0.05, 0.1) is 6.04 Å². The zero-order valence-corrected chi connectivity index (χ0v) is 14.4. The van der Waals surface area contributed by atoms with Crippen molar-refractivity contribution in [2.45, 2.75) is 33.4 Å². The summed E-state index contributed by atoms with van der Waals surface area (Å²) in [4.78, 5) is 16.9. The van der Waals surface area contributed by atoms with Gasteiger partial charge in [-0.3, -0.25) is 9.69 Å². The summed E-state index contributed by atoms with van der Waals surface area (Å²) in [6, 6.07) is 12.5. The van der Waals surface area contributed by atoms with Gasteiger partial charge in [0.25, 0.3) is 0 Å². The number of amides is 1. The molecule has 0 saturated carbocycles. The van der Waals surface area contributed by atoms with Crippen molar-refractivity contribution in [2.24, 2.45) is 0 Å². The molecule has 1 aliphatic heterocycles. The Balaban J connectivity index is 1.74. The number of aryl methyl sites for hydroxylation is 2. The van der Waals surface area contributed by atoms with Crippen LogP contribution in [0, 0.1) is 19.7 Å². The summed E-state index contributed by atoms with van der Waals surface area (Å²) in [6.45, 7) is 8.19. The fraction of sp³-hybridized carbons (Fsp3) is 0.350. The van der Waals surface area contributed by atoms with Gasteiger partial charge in [-0.25, -0.2) is 4.39 Å². The van der Waals surface area contributed by atoms with Crippen LogP contribution in [0.1, 0.15) is 23.6 Å². The van der Waals surface area contributed by atoms with Crippen LogP contribution in [0.4, 0.5) is 10.1 Å². The Morgan fingerprint density at radius 2 is 1.79 bits per heavy atom. The van der Waals surface area contributed by atoms with Crippen LogP contribution in [0.5, 0.6) is 0 Å². The lowest BCUT2D eigenvalue weighted by atomic mass is 10.1. The molecular formula is C20H23FN2O. The highest BCUT2D eigenvalue weighted by Crippen LogP contribution is 2.25. The Hall–Kier alpha value is -2.20. The zero-order chi connectivity index (χ0) is 17.3. The normalized spacial score (nSPS) is 18.9. The summed E-state index contributed by atoms with van der Waals surface area (Å²) in [7, 11) is 0. The van der Waals surface area contributed by atoms with E-state index in [9.17, 15) is 9.18 Å². The molecule has 1 saturated heterocycles. The number of piperazine rings is 1. The summed E-state index contributed by atoms with van der Waals surface area (Å²) >= 11 is 0. The van der Waals surface area contributed by atoms with Gasteiger partial charge in [0.1, 0.15) is 5.82 Å². The molecule has 0 aliphatic carbocycles. The lowest BCUT2D eigenvalue weighted by Gasteiger charge is -2.39. The Morgan fingerprint density at radius 3 is 2.46 bits per heavy atom. The first-order chi connectivity index (χ1) is 11.5. The summed E-state index contributed by atoms with van der Waals surface area (Å²) < 4.78 is 13.0. The largest absolute Gasteiger partial charge is 0.310 e. The van der Waals surface area contributed by atoms with E-state index in [4.69, 9.17) is 0 Å². The van der Waals surface area contributed by atoms with Gasteiger partial charge in [-0.05, 0) is 50.1 Å². The zero-order valence-electron chi connectivity index (χ0n) is 14.4. The average Bonchev–Trinajstić information content (AvgIpc) is 2.55. The topological polar surface area (TPSA) is 23.6 Å². The van der Waals surface area contributed by atoms with Gasteiger partial charge < -0.3 is 4.90 Å². The SMILES string of the molecule is Cc1ccc(N2CCN(Cc3ccc(F)cc3)[C@@H](C)C2=O)c(C)c1. The van der Waals surface area contributed by atoms with Crippen LogP contribution in [0.15, 0.2) is 42.5 Å². The molecule has 0 radical (unpaired) electrons. The number of benzene rings is 2. The van der Waals surface area contributed by atoms with E-state index in [0.29, 0.717) is 13.1 Å². The van der Waals surface area contributed by atoms with Crippen LogP contribution >= 0.6 is 0 Å². The Labute approximate surface area is 142 Å². The molecule has 0 unspecified atom stereocenters. The molecule has 126 valence electrons. The predicted molar refractivity (Wildman–Crippen MR) is 94.5 cm³/mol. The maximum Gasteiger partial charge on any atom is 0.244 e. The van der Waals surface area contributed by atoms with Crippen molar-refractivity contribution >= 4 is 11.6 Å². The summed E-state index contributed by atoms with van der Waals surface area (Å²) in [5, 5.41) is 0. The van der Waals surface area contributed by atoms with Gasteiger partial charge in [0.2, 0.25) is 5.91 Å². The van der Waals surface area contributed by atoms with Gasteiger partial charge >= 0.3 is 0 Å². The third-order valence-electron chi connectivity index (χ3n) is 4.72. The van der Waals surface area contributed by atoms with Crippen LogP contribution < -0.4 is 4.90 Å². The smallest absolute Gasteiger partial charge is 0.244 e. The minimum absolute atomic E-state index is 0.121. The molecule has 1 aliphatic rings. The number of anilines is 1. The maximum atomic E-state index is 13.0. The number of rotatable bonds is 3. The van der Waals surface area contributed by atoms with Crippen LogP contribution in [-0.2, 0) is 11.3 Å². The second kappa shape index (κ2) is 6.73. The molecule has 24 heavy (non-hydrogen) atoms. The lowest BCUT2D eigenvalue weighted by Crippen LogP contribution is -2.55. The minimum Gasteiger partial charge on any atom is -0.310 e. The third kappa shape index (κ3) is 3.34. The van der Waals surface area contributed by atoms with E-state index in [2.05, 4.69) is 17.9 Å². The molecule has 1 atom stereocenters. The minimum atomic E-state index is -0.234. The number of hydrogen-bond acceptors (Lipinski definition) is 2. The van der Waals surface area contributed by atoms with Crippen molar-refractivity contribution in [2.75, 3.05) is 18.0 Å². The maximum absolute atomic E-state index is 13.0. The Kier molecular flexibility index (Phi) is 4.67. The average molecular weight is 326 g/mol. The van der Waals surface area contributed by atoms with Gasteiger partial charge in [0.15, 0.2) is 0 Å². The molecule has 0 N–H and O–H groups in total. The van der Waals surface area contributed by atoms with E-state index >= 15 is 0 Å². The van der Waals surface area contributed by atoms with Crippen LogP contribution in [0.3, 0.4) is 0 Å². The molecule has 3 rings (SSSR count). The monoisotopic (exact) mass is 326 g/mol. The quantitative estimate of drug-likeness (QED) is 0.859. The van der Waals surface area contributed by atoms with E-state index in [1.807, 2.05) is 30.9 Å². The molecule has 0 spiro atoms. The molecule has 1 amide bonds. The van der Waals surface area contributed by atoms with E-state index < -0.39 is 0 Å². The molecular weight excluding hydrogens is 303 g/mol.